The molecule has 126 valence electrons. The quantitative estimate of drug-likeness (QED) is 0.780. The first-order valence-electron chi connectivity index (χ1n) is 7.82. The molecular formula is C18H22N4O2. The fraction of sp³-hybridized carbons (Fsp3) is 0.444. The Bertz CT molecular complexity index is 665. The molecule has 0 bridgehead atoms. The van der Waals surface area contributed by atoms with E-state index in [2.05, 4.69) is 22.9 Å². The van der Waals surface area contributed by atoms with Gasteiger partial charge in [0.05, 0.1) is 11.8 Å². The van der Waals surface area contributed by atoms with Gasteiger partial charge < -0.3 is 9.64 Å². The Morgan fingerprint density at radius 2 is 2.08 bits per heavy atom. The summed E-state index contributed by atoms with van der Waals surface area (Å²) in [5.74, 6) is -1.29. The van der Waals surface area contributed by atoms with Gasteiger partial charge >= 0.3 is 0 Å². The summed E-state index contributed by atoms with van der Waals surface area (Å²) in [6.07, 6.45) is -0.569. The first-order chi connectivity index (χ1) is 11.5. The fourth-order valence-corrected chi connectivity index (χ4v) is 2.89. The van der Waals surface area contributed by atoms with Crippen LogP contribution in [0, 0.1) is 23.2 Å². The van der Waals surface area contributed by atoms with E-state index < -0.39 is 18.2 Å². The molecule has 1 aromatic rings. The lowest BCUT2D eigenvalue weighted by Crippen LogP contribution is -2.58. The fourth-order valence-electron chi connectivity index (χ4n) is 2.89. The third-order valence-corrected chi connectivity index (χ3v) is 4.15. The van der Waals surface area contributed by atoms with E-state index in [0.29, 0.717) is 12.2 Å². The molecule has 4 unspecified atom stereocenters. The Morgan fingerprint density at radius 1 is 1.42 bits per heavy atom. The van der Waals surface area contributed by atoms with E-state index in [9.17, 15) is 10.1 Å². The first kappa shape index (κ1) is 17.8. The third-order valence-electron chi connectivity index (χ3n) is 4.15. The van der Waals surface area contributed by atoms with Crippen LogP contribution in [0.5, 0.6) is 0 Å². The Balaban J connectivity index is 2.37. The number of allylic oxidation sites excluding steroid dienone is 1. The molecule has 4 atom stereocenters. The maximum absolute atomic E-state index is 12.8. The molecule has 1 aliphatic heterocycles. The Labute approximate surface area is 142 Å². The van der Waals surface area contributed by atoms with Crippen molar-refractivity contribution in [2.45, 2.75) is 32.7 Å². The Kier molecular flexibility index (Phi) is 5.83. The maximum Gasteiger partial charge on any atom is 0.242 e. The highest BCUT2D eigenvalue weighted by molar-refractivity contribution is 5.83. The highest BCUT2D eigenvalue weighted by Crippen LogP contribution is 2.33. The van der Waals surface area contributed by atoms with E-state index in [1.807, 2.05) is 37.3 Å². The van der Waals surface area contributed by atoms with Crippen LogP contribution < -0.4 is 0 Å². The molecule has 6 nitrogen and oxygen atoms in total. The molecule has 0 N–H and O–H groups in total. The summed E-state index contributed by atoms with van der Waals surface area (Å²) in [5.41, 5.74) is 1.53. The number of ether oxygens (including phenoxy) is 1. The molecule has 1 aliphatic rings. The highest BCUT2D eigenvalue weighted by atomic mass is 16.5. The number of amides is 1. The predicted octanol–water partition coefficient (Wildman–Crippen LogP) is 3.13. The van der Waals surface area contributed by atoms with Crippen LogP contribution in [-0.4, -0.2) is 30.2 Å². The summed E-state index contributed by atoms with van der Waals surface area (Å²) in [4.78, 5) is 14.3. The van der Waals surface area contributed by atoms with Crippen LogP contribution in [0.2, 0.25) is 0 Å². The molecule has 0 spiro atoms. The van der Waals surface area contributed by atoms with Crippen LogP contribution in [0.15, 0.2) is 52.8 Å². The zero-order chi connectivity index (χ0) is 17.7. The molecule has 2 rings (SSSR count). The minimum atomic E-state index is -0.769. The van der Waals surface area contributed by atoms with Gasteiger partial charge in [0.15, 0.2) is 6.23 Å². The second-order valence-corrected chi connectivity index (χ2v) is 5.99. The number of hydrogen-bond donors (Lipinski definition) is 0. The number of piperidine rings is 1. The monoisotopic (exact) mass is 326 g/mol. The summed E-state index contributed by atoms with van der Waals surface area (Å²) in [7, 11) is 1.54. The van der Waals surface area contributed by atoms with Crippen LogP contribution in [0.1, 0.15) is 19.4 Å². The molecule has 24 heavy (non-hydrogen) atoms. The number of rotatable bonds is 5. The second kappa shape index (κ2) is 7.84. The number of nitriles is 1. The molecule has 0 aliphatic carbocycles. The number of benzene rings is 1. The third kappa shape index (κ3) is 3.69. The average molecular weight is 326 g/mol. The summed E-state index contributed by atoms with van der Waals surface area (Å²) in [6, 6.07) is 11.3. The Hall–Kier alpha value is -2.52. The molecule has 1 fully saturated rings. The summed E-state index contributed by atoms with van der Waals surface area (Å²) >= 11 is 0. The van der Waals surface area contributed by atoms with E-state index in [4.69, 9.17) is 4.74 Å². The summed E-state index contributed by atoms with van der Waals surface area (Å²) in [6.45, 7) is 7.65. The molecule has 1 heterocycles. The van der Waals surface area contributed by atoms with Crippen molar-refractivity contribution < 1.29 is 9.53 Å². The summed E-state index contributed by atoms with van der Waals surface area (Å²) in [5, 5.41) is 17.8. The van der Waals surface area contributed by atoms with Crippen LogP contribution in [0.4, 0.5) is 0 Å². The van der Waals surface area contributed by atoms with E-state index in [0.717, 1.165) is 5.56 Å². The standard InChI is InChI=1S/C18H22N4O2/c1-12(2)20-21-16-13(3)15(10-19)17(23)22(18(16)24-4)11-14-8-6-5-7-9-14/h5-9,13,15-16,18H,1,11H2,2-4H3. The second-order valence-electron chi connectivity index (χ2n) is 5.99. The number of carbonyl (C=O) groups is 1. The Morgan fingerprint density at radius 3 is 2.62 bits per heavy atom. The normalized spacial score (nSPS) is 27.2. The smallest absolute Gasteiger partial charge is 0.242 e. The van der Waals surface area contributed by atoms with Crippen molar-refractivity contribution >= 4 is 5.91 Å². The van der Waals surface area contributed by atoms with Gasteiger partial charge in [0, 0.05) is 19.6 Å². The van der Waals surface area contributed by atoms with Crippen LogP contribution in [0.25, 0.3) is 0 Å². The SMILES string of the molecule is C=C(C)N=NC1C(C)C(C#N)C(=O)N(Cc2ccccc2)C1OC. The van der Waals surface area contributed by atoms with Gasteiger partial charge in [0.2, 0.25) is 5.91 Å². The number of carbonyl (C=O) groups excluding carboxylic acids is 1. The van der Waals surface area contributed by atoms with E-state index in [1.54, 1.807) is 18.9 Å². The topological polar surface area (TPSA) is 78.0 Å². The molecule has 1 amide bonds. The van der Waals surface area contributed by atoms with Crippen molar-refractivity contribution in [3.63, 3.8) is 0 Å². The zero-order valence-corrected chi connectivity index (χ0v) is 14.2. The van der Waals surface area contributed by atoms with Crippen molar-refractivity contribution in [3.05, 3.63) is 48.2 Å². The molecule has 0 saturated carbocycles. The van der Waals surface area contributed by atoms with E-state index >= 15 is 0 Å². The van der Waals surface area contributed by atoms with Gasteiger partial charge in [-0.05, 0) is 12.5 Å². The molecular weight excluding hydrogens is 304 g/mol. The zero-order valence-electron chi connectivity index (χ0n) is 14.2. The minimum Gasteiger partial charge on any atom is -0.359 e. The maximum atomic E-state index is 12.8. The van der Waals surface area contributed by atoms with Crippen molar-refractivity contribution in [3.8, 4) is 6.07 Å². The number of likely N-dealkylation sites (tertiary alicyclic amines) is 1. The molecule has 0 radical (unpaired) electrons. The van der Waals surface area contributed by atoms with E-state index in [-0.39, 0.29) is 11.8 Å². The number of azo groups is 1. The lowest BCUT2D eigenvalue weighted by Gasteiger charge is -2.43. The van der Waals surface area contributed by atoms with Gasteiger partial charge in [-0.3, -0.25) is 4.79 Å². The number of methoxy groups -OCH3 is 1. The molecule has 6 heteroatoms. The first-order valence-corrected chi connectivity index (χ1v) is 7.82. The van der Waals surface area contributed by atoms with E-state index in [1.165, 1.54) is 0 Å². The average Bonchev–Trinajstić information content (AvgIpc) is 2.57. The highest BCUT2D eigenvalue weighted by Gasteiger charge is 2.47. The van der Waals surface area contributed by atoms with Gasteiger partial charge in [0.25, 0.3) is 0 Å². The van der Waals surface area contributed by atoms with Gasteiger partial charge in [-0.15, -0.1) is 0 Å². The molecule has 1 aromatic carbocycles. The molecule has 1 saturated heterocycles. The number of nitrogens with zero attached hydrogens (tertiary/aromatic N) is 4. The van der Waals surface area contributed by atoms with Crippen molar-refractivity contribution in [1.82, 2.24) is 4.90 Å². The van der Waals surface area contributed by atoms with Crippen molar-refractivity contribution in [2.24, 2.45) is 22.1 Å². The number of hydrogen-bond acceptors (Lipinski definition) is 5. The minimum absolute atomic E-state index is 0.234. The van der Waals surface area contributed by atoms with Crippen molar-refractivity contribution in [2.75, 3.05) is 7.11 Å². The van der Waals surface area contributed by atoms with Crippen LogP contribution in [0.3, 0.4) is 0 Å². The predicted molar refractivity (Wildman–Crippen MR) is 89.5 cm³/mol. The lowest BCUT2D eigenvalue weighted by atomic mass is 9.82. The van der Waals surface area contributed by atoms with Gasteiger partial charge in [-0.2, -0.15) is 15.5 Å². The van der Waals surface area contributed by atoms with Gasteiger partial charge in [0.1, 0.15) is 12.0 Å². The summed E-state index contributed by atoms with van der Waals surface area (Å²) < 4.78 is 5.57. The molecule has 0 aromatic heterocycles. The lowest BCUT2D eigenvalue weighted by molar-refractivity contribution is -0.162. The van der Waals surface area contributed by atoms with Gasteiger partial charge in [-0.1, -0.05) is 43.8 Å². The van der Waals surface area contributed by atoms with Crippen LogP contribution in [-0.2, 0) is 16.1 Å². The van der Waals surface area contributed by atoms with Gasteiger partial charge in [-0.25, -0.2) is 0 Å². The van der Waals surface area contributed by atoms with Crippen LogP contribution >= 0.6 is 0 Å². The largest absolute Gasteiger partial charge is 0.359 e. The van der Waals surface area contributed by atoms with Crippen molar-refractivity contribution in [1.29, 1.82) is 5.26 Å².